The average Bonchev–Trinajstić information content (AvgIpc) is 2.57. The lowest BCUT2D eigenvalue weighted by molar-refractivity contribution is 0.0344. The van der Waals surface area contributed by atoms with Gasteiger partial charge >= 0.3 is 0 Å². The highest BCUT2D eigenvalue weighted by atomic mass is 19.1. The zero-order valence-corrected chi connectivity index (χ0v) is 13.1. The molecule has 0 fully saturated rings. The number of benzene rings is 2. The molecular formula is C17H17FN4O2. The van der Waals surface area contributed by atoms with Crippen LogP contribution < -0.4 is 16.5 Å². The summed E-state index contributed by atoms with van der Waals surface area (Å²) < 4.78 is 14.0. The molecule has 2 aromatic rings. The monoisotopic (exact) mass is 328 g/mol. The second kappa shape index (κ2) is 8.06. The maximum Gasteiger partial charge on any atom is 0.276 e. The summed E-state index contributed by atoms with van der Waals surface area (Å²) in [5.74, 6) is -0.980. The van der Waals surface area contributed by atoms with E-state index < -0.39 is 11.7 Å². The topological polar surface area (TPSA) is 100 Å². The number of carbonyl (C=O) groups excluding carboxylic acids is 1. The number of anilines is 2. The van der Waals surface area contributed by atoms with E-state index in [2.05, 4.69) is 10.8 Å². The molecule has 0 aliphatic carbocycles. The summed E-state index contributed by atoms with van der Waals surface area (Å²) in [6, 6.07) is 11.1. The number of nitriles is 1. The molecule has 7 heteroatoms. The van der Waals surface area contributed by atoms with Crippen LogP contribution in [0, 0.1) is 24.1 Å². The van der Waals surface area contributed by atoms with Crippen molar-refractivity contribution in [2.24, 2.45) is 5.73 Å². The molecule has 4 N–H and O–H groups in total. The molecule has 0 atom stereocenters. The molecule has 24 heavy (non-hydrogen) atoms. The van der Waals surface area contributed by atoms with Crippen molar-refractivity contribution in [2.45, 2.75) is 6.92 Å². The average molecular weight is 328 g/mol. The quantitative estimate of drug-likeness (QED) is 0.558. The molecule has 0 aliphatic rings. The SMILES string of the molecule is Cc1ccc(Nc2cc(C#N)ccc2C(=O)NOCCN)c(F)c1. The summed E-state index contributed by atoms with van der Waals surface area (Å²) in [5.41, 5.74) is 9.36. The molecule has 6 nitrogen and oxygen atoms in total. The standard InChI is InChI=1S/C17H17FN4O2/c1-11-2-5-15(14(18)8-11)21-16-9-12(10-20)3-4-13(16)17(23)22-24-7-6-19/h2-5,8-9,21H,6-7,19H2,1H3,(H,22,23). The molecule has 0 bridgehead atoms. The van der Waals surface area contributed by atoms with Crippen LogP contribution in [-0.2, 0) is 4.84 Å². The van der Waals surface area contributed by atoms with Gasteiger partial charge < -0.3 is 11.1 Å². The summed E-state index contributed by atoms with van der Waals surface area (Å²) in [4.78, 5) is 17.1. The van der Waals surface area contributed by atoms with Gasteiger partial charge in [0.25, 0.3) is 5.91 Å². The van der Waals surface area contributed by atoms with Gasteiger partial charge in [-0.3, -0.25) is 9.63 Å². The number of hydrogen-bond donors (Lipinski definition) is 3. The third-order valence-electron chi connectivity index (χ3n) is 3.17. The van der Waals surface area contributed by atoms with E-state index in [9.17, 15) is 9.18 Å². The summed E-state index contributed by atoms with van der Waals surface area (Å²) in [5, 5.41) is 11.9. The lowest BCUT2D eigenvalue weighted by atomic mass is 10.1. The highest BCUT2D eigenvalue weighted by Crippen LogP contribution is 2.25. The van der Waals surface area contributed by atoms with Gasteiger partial charge in [0, 0.05) is 6.54 Å². The first-order valence-electron chi connectivity index (χ1n) is 7.24. The van der Waals surface area contributed by atoms with Gasteiger partial charge in [-0.25, -0.2) is 9.87 Å². The first kappa shape index (κ1) is 17.4. The third kappa shape index (κ3) is 4.29. The Morgan fingerprint density at radius 3 is 2.75 bits per heavy atom. The molecule has 0 aromatic heterocycles. The Bertz CT molecular complexity index is 787. The number of rotatable bonds is 6. The zero-order valence-electron chi connectivity index (χ0n) is 13.1. The summed E-state index contributed by atoms with van der Waals surface area (Å²) in [6.45, 7) is 2.20. The number of hydroxylamine groups is 1. The Kier molecular flexibility index (Phi) is 5.84. The Balaban J connectivity index is 2.32. The second-order valence-electron chi connectivity index (χ2n) is 5.05. The minimum atomic E-state index is -0.525. The van der Waals surface area contributed by atoms with Crippen molar-refractivity contribution in [1.29, 1.82) is 5.26 Å². The van der Waals surface area contributed by atoms with Gasteiger partial charge in [-0.05, 0) is 42.8 Å². The number of carbonyl (C=O) groups is 1. The summed E-state index contributed by atoms with van der Waals surface area (Å²) in [7, 11) is 0. The molecule has 0 radical (unpaired) electrons. The van der Waals surface area contributed by atoms with Gasteiger partial charge in [0.15, 0.2) is 0 Å². The normalized spacial score (nSPS) is 10.1. The number of hydrogen-bond acceptors (Lipinski definition) is 5. The fourth-order valence-corrected chi connectivity index (χ4v) is 2.01. The molecule has 2 aromatic carbocycles. The van der Waals surface area contributed by atoms with E-state index in [0.29, 0.717) is 11.3 Å². The molecule has 1 amide bonds. The summed E-state index contributed by atoms with van der Waals surface area (Å²) >= 11 is 0. The molecule has 2 rings (SSSR count). The van der Waals surface area contributed by atoms with Crippen LogP contribution in [0.4, 0.5) is 15.8 Å². The van der Waals surface area contributed by atoms with E-state index >= 15 is 0 Å². The molecule has 0 spiro atoms. The van der Waals surface area contributed by atoms with Crippen molar-refractivity contribution in [3.63, 3.8) is 0 Å². The van der Waals surface area contributed by atoms with Crippen molar-refractivity contribution in [2.75, 3.05) is 18.5 Å². The summed E-state index contributed by atoms with van der Waals surface area (Å²) in [6.07, 6.45) is 0. The minimum absolute atomic E-state index is 0.164. The van der Waals surface area contributed by atoms with Gasteiger partial charge in [-0.1, -0.05) is 6.07 Å². The lowest BCUT2D eigenvalue weighted by Crippen LogP contribution is -2.27. The van der Waals surface area contributed by atoms with Crippen molar-refractivity contribution in [3.05, 3.63) is 58.9 Å². The van der Waals surface area contributed by atoms with E-state index in [4.69, 9.17) is 15.8 Å². The number of amides is 1. The van der Waals surface area contributed by atoms with Crippen LogP contribution in [0.5, 0.6) is 0 Å². The first-order valence-corrected chi connectivity index (χ1v) is 7.24. The molecule has 0 aliphatic heterocycles. The van der Waals surface area contributed by atoms with Crippen LogP contribution in [-0.4, -0.2) is 19.1 Å². The highest BCUT2D eigenvalue weighted by Gasteiger charge is 2.14. The van der Waals surface area contributed by atoms with Crippen LogP contribution >= 0.6 is 0 Å². The third-order valence-corrected chi connectivity index (χ3v) is 3.17. The predicted octanol–water partition coefficient (Wildman–Crippen LogP) is 2.37. The fraction of sp³-hybridized carbons (Fsp3) is 0.176. The molecule has 0 unspecified atom stereocenters. The van der Waals surface area contributed by atoms with E-state index in [-0.39, 0.29) is 24.4 Å². The Morgan fingerprint density at radius 2 is 2.08 bits per heavy atom. The van der Waals surface area contributed by atoms with Crippen molar-refractivity contribution >= 4 is 17.3 Å². The molecule has 124 valence electrons. The smallest absolute Gasteiger partial charge is 0.276 e. The van der Waals surface area contributed by atoms with Crippen molar-refractivity contribution in [1.82, 2.24) is 5.48 Å². The van der Waals surface area contributed by atoms with E-state index in [1.165, 1.54) is 24.3 Å². The van der Waals surface area contributed by atoms with E-state index in [1.807, 2.05) is 6.07 Å². The van der Waals surface area contributed by atoms with Gasteiger partial charge in [-0.15, -0.1) is 0 Å². The largest absolute Gasteiger partial charge is 0.352 e. The Hall–Kier alpha value is -2.95. The van der Waals surface area contributed by atoms with Gasteiger partial charge in [-0.2, -0.15) is 5.26 Å². The Labute approximate surface area is 139 Å². The zero-order chi connectivity index (χ0) is 17.5. The van der Waals surface area contributed by atoms with Crippen molar-refractivity contribution < 1.29 is 14.0 Å². The molecular weight excluding hydrogens is 311 g/mol. The van der Waals surface area contributed by atoms with Crippen LogP contribution in [0.15, 0.2) is 36.4 Å². The number of nitrogens with one attached hydrogen (secondary N) is 2. The molecule has 0 saturated carbocycles. The fourth-order valence-electron chi connectivity index (χ4n) is 2.01. The van der Waals surface area contributed by atoms with Gasteiger partial charge in [0.1, 0.15) is 5.82 Å². The van der Waals surface area contributed by atoms with E-state index in [0.717, 1.165) is 5.56 Å². The predicted molar refractivity (Wildman–Crippen MR) is 88.0 cm³/mol. The molecule has 0 saturated heterocycles. The first-order chi connectivity index (χ1) is 11.5. The Morgan fingerprint density at radius 1 is 1.29 bits per heavy atom. The van der Waals surface area contributed by atoms with Gasteiger partial charge in [0.05, 0.1) is 35.2 Å². The number of aryl methyl sites for hydroxylation is 1. The number of halogens is 1. The minimum Gasteiger partial charge on any atom is -0.352 e. The van der Waals surface area contributed by atoms with Crippen LogP contribution in [0.1, 0.15) is 21.5 Å². The van der Waals surface area contributed by atoms with Gasteiger partial charge in [0.2, 0.25) is 0 Å². The lowest BCUT2D eigenvalue weighted by Gasteiger charge is -2.13. The maximum atomic E-state index is 14.0. The highest BCUT2D eigenvalue weighted by molar-refractivity contribution is 6.00. The van der Waals surface area contributed by atoms with Crippen LogP contribution in [0.25, 0.3) is 0 Å². The van der Waals surface area contributed by atoms with Crippen LogP contribution in [0.2, 0.25) is 0 Å². The van der Waals surface area contributed by atoms with Crippen LogP contribution in [0.3, 0.4) is 0 Å². The molecule has 0 heterocycles. The maximum absolute atomic E-state index is 14.0. The number of nitrogens with zero attached hydrogens (tertiary/aromatic N) is 1. The second-order valence-corrected chi connectivity index (χ2v) is 5.05. The van der Waals surface area contributed by atoms with Crippen molar-refractivity contribution in [3.8, 4) is 6.07 Å². The van der Waals surface area contributed by atoms with E-state index in [1.54, 1.807) is 19.1 Å². The number of nitrogens with two attached hydrogens (primary N) is 1.